The van der Waals surface area contributed by atoms with E-state index in [-0.39, 0.29) is 0 Å². The molecule has 0 amide bonds. The van der Waals surface area contributed by atoms with Crippen molar-refractivity contribution in [1.29, 1.82) is 0 Å². The summed E-state index contributed by atoms with van der Waals surface area (Å²) in [6, 6.07) is 61.7. The minimum absolute atomic E-state index is 0.469. The van der Waals surface area contributed by atoms with Crippen LogP contribution in [-0.4, -0.2) is 22.1 Å². The second kappa shape index (κ2) is 14.9. The van der Waals surface area contributed by atoms with Crippen molar-refractivity contribution in [3.8, 4) is 17.1 Å². The van der Waals surface area contributed by atoms with Gasteiger partial charge in [-0.1, -0.05) is 140 Å². The molecule has 0 fully saturated rings. The first-order valence-electron chi connectivity index (χ1n) is 19.9. The summed E-state index contributed by atoms with van der Waals surface area (Å²) in [5, 5.41) is 3.66. The van der Waals surface area contributed by atoms with Crippen molar-refractivity contribution in [2.24, 2.45) is 10.7 Å². The number of amidine groups is 1. The van der Waals surface area contributed by atoms with Crippen LogP contribution >= 0.6 is 0 Å². The molecule has 0 aliphatic heterocycles. The van der Waals surface area contributed by atoms with Crippen molar-refractivity contribution in [2.45, 2.75) is 19.3 Å². The van der Waals surface area contributed by atoms with Crippen LogP contribution in [0.5, 0.6) is 5.75 Å². The molecule has 0 unspecified atom stereocenters. The lowest BCUT2D eigenvalue weighted by Gasteiger charge is -2.19. The van der Waals surface area contributed by atoms with Gasteiger partial charge < -0.3 is 19.6 Å². The molecule has 0 atom stereocenters. The Hall–Kier alpha value is -7.37. The maximum absolute atomic E-state index is 6.92. The lowest BCUT2D eigenvalue weighted by Crippen LogP contribution is -2.14. The third kappa shape index (κ3) is 6.18. The van der Waals surface area contributed by atoms with Crippen LogP contribution in [0.25, 0.3) is 61.4 Å². The molecule has 1 aliphatic carbocycles. The molecule has 5 nitrogen and oxygen atoms in total. The van der Waals surface area contributed by atoms with E-state index in [1.165, 1.54) is 44.1 Å². The number of methoxy groups -OCH3 is 1. The number of aromatic nitrogens is 2. The fraction of sp³-hybridized carbons (Fsp3) is 0.0755. The number of rotatable bonds is 9. The van der Waals surface area contributed by atoms with Gasteiger partial charge in [-0.25, -0.2) is 4.99 Å². The fourth-order valence-corrected chi connectivity index (χ4v) is 8.74. The summed E-state index contributed by atoms with van der Waals surface area (Å²) in [6.07, 6.45) is 7.14. The van der Waals surface area contributed by atoms with Crippen LogP contribution in [0.3, 0.4) is 0 Å². The lowest BCUT2D eigenvalue weighted by atomic mass is 9.90. The molecule has 1 aliphatic rings. The Bertz CT molecular complexity index is 3060. The van der Waals surface area contributed by atoms with E-state index in [1.54, 1.807) is 7.11 Å². The van der Waals surface area contributed by atoms with Gasteiger partial charge in [0.1, 0.15) is 11.6 Å². The number of aliphatic imine (C=N–C) groups is 1. The van der Waals surface area contributed by atoms with Gasteiger partial charge in [-0.15, -0.1) is 0 Å². The van der Waals surface area contributed by atoms with Gasteiger partial charge in [0.25, 0.3) is 0 Å². The van der Waals surface area contributed by atoms with Crippen molar-refractivity contribution in [3.63, 3.8) is 0 Å². The summed E-state index contributed by atoms with van der Waals surface area (Å²) in [5.74, 6) is 1.37. The van der Waals surface area contributed by atoms with E-state index in [4.69, 9.17) is 15.5 Å². The zero-order valence-electron chi connectivity index (χ0n) is 32.3. The maximum atomic E-state index is 6.92. The molecule has 0 radical (unpaired) electrons. The molecule has 2 aromatic heterocycles. The predicted octanol–water partition coefficient (Wildman–Crippen LogP) is 12.2. The molecule has 10 rings (SSSR count). The third-order valence-electron chi connectivity index (χ3n) is 11.4. The molecule has 7 aromatic carbocycles. The second-order valence-electron chi connectivity index (χ2n) is 14.8. The summed E-state index contributed by atoms with van der Waals surface area (Å²) >= 11 is 0. The Morgan fingerprint density at radius 3 is 2.14 bits per heavy atom. The largest absolute Gasteiger partial charge is 0.496 e. The van der Waals surface area contributed by atoms with Gasteiger partial charge in [0.2, 0.25) is 0 Å². The monoisotopic (exact) mass is 750 g/mol. The van der Waals surface area contributed by atoms with Crippen LogP contribution in [0.4, 0.5) is 0 Å². The number of hydrogen-bond acceptors (Lipinski definition) is 2. The Morgan fingerprint density at radius 1 is 0.638 bits per heavy atom. The van der Waals surface area contributed by atoms with Crippen LogP contribution in [0.15, 0.2) is 187 Å². The molecule has 0 bridgehead atoms. The Kier molecular flexibility index (Phi) is 9.04. The number of fused-ring (bicyclic) bond motifs is 7. The molecule has 2 N–H and O–H groups in total. The number of nitrogens with two attached hydrogens (primary N) is 1. The van der Waals surface area contributed by atoms with Crippen molar-refractivity contribution in [2.75, 3.05) is 7.11 Å². The van der Waals surface area contributed by atoms with Gasteiger partial charge in [-0.3, -0.25) is 0 Å². The second-order valence-corrected chi connectivity index (χ2v) is 14.8. The van der Waals surface area contributed by atoms with Gasteiger partial charge in [0, 0.05) is 49.9 Å². The molecular weight excluding hydrogens is 709 g/mol. The minimum atomic E-state index is 0.469. The van der Waals surface area contributed by atoms with Gasteiger partial charge in [0.15, 0.2) is 0 Å². The van der Waals surface area contributed by atoms with Crippen LogP contribution in [0, 0.1) is 0 Å². The van der Waals surface area contributed by atoms with Crippen molar-refractivity contribution < 1.29 is 4.74 Å². The average molecular weight is 751 g/mol. The van der Waals surface area contributed by atoms with Gasteiger partial charge in [-0.05, 0) is 84.5 Å². The summed E-state index contributed by atoms with van der Waals surface area (Å²) < 4.78 is 10.7. The molecule has 0 saturated heterocycles. The smallest absolute Gasteiger partial charge is 0.131 e. The van der Waals surface area contributed by atoms with Crippen molar-refractivity contribution in [1.82, 2.24) is 9.13 Å². The first-order valence-corrected chi connectivity index (χ1v) is 19.9. The van der Waals surface area contributed by atoms with Crippen molar-refractivity contribution >= 4 is 55.9 Å². The summed E-state index contributed by atoms with van der Waals surface area (Å²) in [7, 11) is 1.75. The topological polar surface area (TPSA) is 57.5 Å². The Balaban J connectivity index is 1.15. The number of benzene rings is 7. The molecule has 58 heavy (non-hydrogen) atoms. The quantitative estimate of drug-likeness (QED) is 0.118. The number of allylic oxidation sites excluding steroid dienone is 2. The molecule has 0 saturated carbocycles. The van der Waals surface area contributed by atoms with Crippen LogP contribution in [0.2, 0.25) is 0 Å². The SMILES string of the molecule is COc1ccccc1C1=Cc2c(n(-c3ccccc3)c3c2ccc2c3c3ccccc3n2-c2cccc(C(N)=N/C(=C\Cc3ccccc3)c3ccccc3)c2)CC1. The van der Waals surface area contributed by atoms with Crippen LogP contribution in [0.1, 0.15) is 39.9 Å². The molecular formula is C53H42N4O. The number of ether oxygens (including phenoxy) is 1. The molecule has 2 heterocycles. The summed E-state index contributed by atoms with van der Waals surface area (Å²) in [4.78, 5) is 5.07. The molecule has 5 heteroatoms. The summed E-state index contributed by atoms with van der Waals surface area (Å²) in [6.45, 7) is 0. The number of hydrogen-bond donors (Lipinski definition) is 1. The highest BCUT2D eigenvalue weighted by atomic mass is 16.5. The average Bonchev–Trinajstić information content (AvgIpc) is 3.81. The van der Waals surface area contributed by atoms with E-state index in [9.17, 15) is 0 Å². The van der Waals surface area contributed by atoms with Crippen LogP contribution in [-0.2, 0) is 12.8 Å². The van der Waals surface area contributed by atoms with Gasteiger partial charge >= 0.3 is 0 Å². The first-order chi connectivity index (χ1) is 28.7. The molecule has 0 spiro atoms. The summed E-state index contributed by atoms with van der Waals surface area (Å²) in [5.41, 5.74) is 21.6. The molecule has 280 valence electrons. The maximum Gasteiger partial charge on any atom is 0.131 e. The standard InChI is InChI=1S/C53H42N4O/c1-58-50-27-14-12-24-42(50)38-29-32-48-45(35-38)43-30-33-49-51(52(43)57(48)40-21-9-4-10-22-40)44-25-11-13-26-47(44)56(49)41-23-15-20-39(34-41)53(54)55-46(37-18-7-3-8-19-37)31-28-36-16-5-2-6-17-36/h2-27,30-31,33-35H,28-29,32H2,1H3,(H2,54,55)/b46-31-. The highest BCUT2D eigenvalue weighted by molar-refractivity contribution is 6.22. The lowest BCUT2D eigenvalue weighted by molar-refractivity contribution is 0.413. The van der Waals surface area contributed by atoms with Crippen molar-refractivity contribution in [3.05, 3.63) is 216 Å². The zero-order valence-corrected chi connectivity index (χ0v) is 32.3. The Morgan fingerprint density at radius 2 is 1.33 bits per heavy atom. The fourth-order valence-electron chi connectivity index (χ4n) is 8.74. The third-order valence-corrected chi connectivity index (χ3v) is 11.4. The molecule has 9 aromatic rings. The van der Waals surface area contributed by atoms with E-state index < -0.39 is 0 Å². The first kappa shape index (κ1) is 35.1. The zero-order chi connectivity index (χ0) is 39.0. The van der Waals surface area contributed by atoms with E-state index in [1.807, 2.05) is 30.3 Å². The van der Waals surface area contributed by atoms with Crippen LogP contribution < -0.4 is 10.5 Å². The van der Waals surface area contributed by atoms with E-state index >= 15 is 0 Å². The number of para-hydroxylation sites is 3. The van der Waals surface area contributed by atoms with Gasteiger partial charge in [0.05, 0.1) is 29.4 Å². The highest BCUT2D eigenvalue weighted by Crippen LogP contribution is 2.45. The highest BCUT2D eigenvalue weighted by Gasteiger charge is 2.26. The van der Waals surface area contributed by atoms with E-state index in [0.717, 1.165) is 69.8 Å². The number of nitrogens with zero attached hydrogens (tertiary/aromatic N) is 3. The van der Waals surface area contributed by atoms with E-state index in [0.29, 0.717) is 5.84 Å². The predicted molar refractivity (Wildman–Crippen MR) is 242 cm³/mol. The minimum Gasteiger partial charge on any atom is -0.496 e. The normalized spacial score (nSPS) is 13.2. The van der Waals surface area contributed by atoms with Gasteiger partial charge in [-0.2, -0.15) is 0 Å². The Labute approximate surface area is 338 Å². The van der Waals surface area contributed by atoms with E-state index in [2.05, 4.69) is 167 Å².